The Labute approximate surface area is 182 Å². The van der Waals surface area contributed by atoms with Crippen molar-refractivity contribution in [2.75, 3.05) is 19.4 Å². The lowest BCUT2D eigenvalue weighted by atomic mass is 10.1. The smallest absolute Gasteiger partial charge is 0.412 e. The van der Waals surface area contributed by atoms with Gasteiger partial charge in [0.1, 0.15) is 22.5 Å². The van der Waals surface area contributed by atoms with Gasteiger partial charge in [-0.2, -0.15) is 5.10 Å². The summed E-state index contributed by atoms with van der Waals surface area (Å²) in [6.07, 6.45) is 1.21. The molecule has 3 rings (SSSR count). The number of rotatable bonds is 4. The van der Waals surface area contributed by atoms with Crippen LogP contribution in [0, 0.1) is 20.8 Å². The standard InChI is InChI=1S/C22H29N7O2/c1-13-11-16(26-21(30)31-22(4,5)6)9-10-17(13)29-19-18(14(2)27-29)24-15(3)25-20(19)23-12-28(7)8/h9-12H,1-8H3,(H,26,30)/b23-12+. The molecule has 1 N–H and O–H groups in total. The molecule has 0 aliphatic heterocycles. The molecule has 164 valence electrons. The van der Waals surface area contributed by atoms with Gasteiger partial charge >= 0.3 is 6.09 Å². The van der Waals surface area contributed by atoms with Crippen LogP contribution in [0.2, 0.25) is 0 Å². The van der Waals surface area contributed by atoms with E-state index in [1.54, 1.807) is 11.0 Å². The Morgan fingerprint density at radius 3 is 2.52 bits per heavy atom. The number of nitrogens with zero attached hydrogens (tertiary/aromatic N) is 6. The Morgan fingerprint density at radius 2 is 1.90 bits per heavy atom. The lowest BCUT2D eigenvalue weighted by Gasteiger charge is -2.20. The van der Waals surface area contributed by atoms with Gasteiger partial charge in [0.2, 0.25) is 0 Å². The van der Waals surface area contributed by atoms with E-state index >= 15 is 0 Å². The molecule has 31 heavy (non-hydrogen) atoms. The minimum absolute atomic E-state index is 0.496. The molecule has 1 aromatic carbocycles. The van der Waals surface area contributed by atoms with Crippen LogP contribution in [0.25, 0.3) is 16.7 Å². The maximum absolute atomic E-state index is 12.1. The Hall–Kier alpha value is -3.49. The van der Waals surface area contributed by atoms with Crippen LogP contribution in [0.1, 0.15) is 37.9 Å². The molecule has 9 nitrogen and oxygen atoms in total. The van der Waals surface area contributed by atoms with Crippen molar-refractivity contribution in [2.24, 2.45) is 4.99 Å². The highest BCUT2D eigenvalue weighted by molar-refractivity contribution is 5.89. The Morgan fingerprint density at radius 1 is 1.19 bits per heavy atom. The molecular formula is C22H29N7O2. The predicted octanol–water partition coefficient (Wildman–Crippen LogP) is 4.31. The van der Waals surface area contributed by atoms with Crippen LogP contribution in [0.4, 0.5) is 16.3 Å². The highest BCUT2D eigenvalue weighted by Gasteiger charge is 2.19. The third-order valence-electron chi connectivity index (χ3n) is 4.26. The SMILES string of the molecule is Cc1nc(/N=C/N(C)C)c2c(n1)c(C)nn2-c1ccc(NC(=O)OC(C)(C)C)cc1C. The monoisotopic (exact) mass is 423 g/mol. The molecule has 2 heterocycles. The zero-order chi connectivity index (χ0) is 22.9. The second-order valence-electron chi connectivity index (χ2n) is 8.63. The second-order valence-corrected chi connectivity index (χ2v) is 8.63. The van der Waals surface area contributed by atoms with Crippen molar-refractivity contribution >= 4 is 35.0 Å². The topological polar surface area (TPSA) is 97.5 Å². The van der Waals surface area contributed by atoms with Gasteiger partial charge < -0.3 is 9.64 Å². The zero-order valence-corrected chi connectivity index (χ0v) is 19.3. The summed E-state index contributed by atoms with van der Waals surface area (Å²) in [5.41, 5.74) is 4.12. The number of nitrogens with one attached hydrogen (secondary N) is 1. The van der Waals surface area contributed by atoms with E-state index in [1.165, 1.54) is 0 Å². The first-order valence-corrected chi connectivity index (χ1v) is 10.0. The molecular weight excluding hydrogens is 394 g/mol. The third kappa shape index (κ3) is 5.17. The largest absolute Gasteiger partial charge is 0.444 e. The normalized spacial score (nSPS) is 11.9. The van der Waals surface area contributed by atoms with Crippen molar-refractivity contribution in [1.29, 1.82) is 0 Å². The van der Waals surface area contributed by atoms with Crippen LogP contribution in [0.15, 0.2) is 23.2 Å². The maximum atomic E-state index is 12.1. The van der Waals surface area contributed by atoms with E-state index < -0.39 is 11.7 Å². The molecule has 0 unspecified atom stereocenters. The number of ether oxygens (including phenoxy) is 1. The van der Waals surface area contributed by atoms with Gasteiger partial charge in [-0.15, -0.1) is 0 Å². The molecule has 9 heteroatoms. The van der Waals surface area contributed by atoms with Gasteiger partial charge in [0, 0.05) is 19.8 Å². The van der Waals surface area contributed by atoms with E-state index in [-0.39, 0.29) is 0 Å². The van der Waals surface area contributed by atoms with Crippen LogP contribution >= 0.6 is 0 Å². The summed E-state index contributed by atoms with van der Waals surface area (Å²) in [5, 5.41) is 7.47. The van der Waals surface area contributed by atoms with Crippen molar-refractivity contribution in [1.82, 2.24) is 24.6 Å². The van der Waals surface area contributed by atoms with Gasteiger partial charge in [-0.25, -0.2) is 24.4 Å². The molecule has 0 saturated heterocycles. The summed E-state index contributed by atoms with van der Waals surface area (Å²) in [6.45, 7) is 11.2. The number of carbonyl (C=O) groups excluding carboxylic acids is 1. The number of aliphatic imine (C=N–C) groups is 1. The van der Waals surface area contributed by atoms with Gasteiger partial charge in [0.15, 0.2) is 5.82 Å². The number of hydrogen-bond donors (Lipinski definition) is 1. The molecule has 0 fully saturated rings. The Kier molecular flexibility index (Phi) is 5.97. The molecule has 0 aliphatic rings. The third-order valence-corrected chi connectivity index (χ3v) is 4.26. The Balaban J connectivity index is 2.05. The van der Waals surface area contributed by atoms with E-state index in [0.717, 1.165) is 28.0 Å². The summed E-state index contributed by atoms with van der Waals surface area (Å²) in [4.78, 5) is 27.6. The number of fused-ring (bicyclic) bond motifs is 1. The van der Waals surface area contributed by atoms with Gasteiger partial charge in [-0.1, -0.05) is 0 Å². The summed E-state index contributed by atoms with van der Waals surface area (Å²) in [6, 6.07) is 5.58. The summed E-state index contributed by atoms with van der Waals surface area (Å²) >= 11 is 0. The molecule has 0 atom stereocenters. The fourth-order valence-corrected chi connectivity index (χ4v) is 3.07. The van der Waals surface area contributed by atoms with Crippen LogP contribution in [-0.4, -0.2) is 56.8 Å². The highest BCUT2D eigenvalue weighted by Crippen LogP contribution is 2.30. The summed E-state index contributed by atoms with van der Waals surface area (Å²) in [7, 11) is 3.80. The molecule has 0 bridgehead atoms. The average Bonchev–Trinajstić information content (AvgIpc) is 2.94. The molecule has 2 aromatic heterocycles. The Bertz CT molecular complexity index is 1160. The van der Waals surface area contributed by atoms with Crippen molar-refractivity contribution in [2.45, 2.75) is 47.1 Å². The molecule has 0 spiro atoms. The molecule has 0 aliphatic carbocycles. The number of anilines is 1. The number of amides is 1. The van der Waals surface area contributed by atoms with E-state index in [4.69, 9.17) is 9.84 Å². The summed E-state index contributed by atoms with van der Waals surface area (Å²) in [5.74, 6) is 1.18. The van der Waals surface area contributed by atoms with Crippen LogP contribution in [0.5, 0.6) is 0 Å². The highest BCUT2D eigenvalue weighted by atomic mass is 16.6. The average molecular weight is 424 g/mol. The molecule has 3 aromatic rings. The van der Waals surface area contributed by atoms with Crippen molar-refractivity contribution < 1.29 is 9.53 Å². The predicted molar refractivity (Wildman–Crippen MR) is 123 cm³/mol. The van der Waals surface area contributed by atoms with E-state index in [1.807, 2.05) is 78.7 Å². The fraction of sp³-hybridized carbons (Fsp3) is 0.409. The van der Waals surface area contributed by atoms with E-state index in [2.05, 4.69) is 20.3 Å². The number of hydrogen-bond acceptors (Lipinski definition) is 6. The molecule has 1 amide bonds. The van der Waals surface area contributed by atoms with Crippen molar-refractivity contribution in [3.05, 3.63) is 35.3 Å². The summed E-state index contributed by atoms with van der Waals surface area (Å²) < 4.78 is 7.13. The van der Waals surface area contributed by atoms with Crippen LogP contribution in [-0.2, 0) is 4.74 Å². The van der Waals surface area contributed by atoms with E-state index in [0.29, 0.717) is 17.3 Å². The lowest BCUT2D eigenvalue weighted by Crippen LogP contribution is -2.27. The second kappa shape index (κ2) is 8.33. The molecule has 0 radical (unpaired) electrons. The lowest BCUT2D eigenvalue weighted by molar-refractivity contribution is 0.0636. The number of aromatic nitrogens is 4. The minimum atomic E-state index is -0.563. The van der Waals surface area contributed by atoms with Crippen LogP contribution < -0.4 is 5.32 Å². The first kappa shape index (κ1) is 22.2. The zero-order valence-electron chi connectivity index (χ0n) is 19.3. The quantitative estimate of drug-likeness (QED) is 0.496. The van der Waals surface area contributed by atoms with Crippen molar-refractivity contribution in [3.8, 4) is 5.69 Å². The minimum Gasteiger partial charge on any atom is -0.444 e. The maximum Gasteiger partial charge on any atom is 0.412 e. The number of benzene rings is 1. The fourth-order valence-electron chi connectivity index (χ4n) is 3.07. The number of aryl methyl sites for hydroxylation is 3. The first-order valence-electron chi connectivity index (χ1n) is 10.0. The first-order chi connectivity index (χ1) is 14.4. The van der Waals surface area contributed by atoms with E-state index in [9.17, 15) is 4.79 Å². The van der Waals surface area contributed by atoms with Crippen LogP contribution in [0.3, 0.4) is 0 Å². The van der Waals surface area contributed by atoms with Gasteiger partial charge in [-0.3, -0.25) is 5.32 Å². The van der Waals surface area contributed by atoms with Crippen molar-refractivity contribution in [3.63, 3.8) is 0 Å². The van der Waals surface area contributed by atoms with Gasteiger partial charge in [-0.05, 0) is 65.3 Å². The van der Waals surface area contributed by atoms with Gasteiger partial charge in [0.25, 0.3) is 0 Å². The molecule has 0 saturated carbocycles. The number of carbonyl (C=O) groups is 1. The van der Waals surface area contributed by atoms with Gasteiger partial charge in [0.05, 0.1) is 17.7 Å².